The summed E-state index contributed by atoms with van der Waals surface area (Å²) in [7, 11) is 0. The Kier molecular flexibility index (Phi) is 20.7. The highest BCUT2D eigenvalue weighted by atomic mass is 17.0. The highest BCUT2D eigenvalue weighted by Crippen LogP contribution is 2.04. The monoisotopic (exact) mass is 398 g/mol. The van der Waals surface area contributed by atoms with Gasteiger partial charge in [0, 0.05) is 0 Å². The van der Waals surface area contributed by atoms with Crippen LogP contribution >= 0.6 is 0 Å². The van der Waals surface area contributed by atoms with Crippen molar-refractivity contribution >= 4 is 0 Å². The lowest BCUT2D eigenvalue weighted by Gasteiger charge is -2.24. The molecule has 0 spiro atoms. The van der Waals surface area contributed by atoms with Crippen molar-refractivity contribution in [1.29, 1.82) is 0 Å². The van der Waals surface area contributed by atoms with E-state index in [1.807, 2.05) is 0 Å². The minimum Gasteiger partial charge on any atom is -0.394 e. The summed E-state index contributed by atoms with van der Waals surface area (Å²) >= 11 is 0. The summed E-state index contributed by atoms with van der Waals surface area (Å²) in [6.45, 7) is -2.90. The predicted molar refractivity (Wildman–Crippen MR) is 81.7 cm³/mol. The van der Waals surface area contributed by atoms with Crippen LogP contribution < -0.4 is 0 Å². The van der Waals surface area contributed by atoms with E-state index in [4.69, 9.17) is 71.8 Å². The summed E-state index contributed by atoms with van der Waals surface area (Å²) < 4.78 is 0. The van der Waals surface area contributed by atoms with Gasteiger partial charge in [0.15, 0.2) is 0 Å². The van der Waals surface area contributed by atoms with Crippen LogP contribution in [0.1, 0.15) is 0 Å². The Hall–Kier alpha value is -0.560. The molecule has 14 nitrogen and oxygen atoms in total. The Morgan fingerprint density at radius 2 is 0.462 bits per heavy atom. The molecule has 0 saturated heterocycles. The van der Waals surface area contributed by atoms with Gasteiger partial charge >= 0.3 is 0 Å². The quantitative estimate of drug-likeness (QED) is 0.120. The highest BCUT2D eigenvalue weighted by Gasteiger charge is 2.30. The lowest BCUT2D eigenvalue weighted by molar-refractivity contribution is -0.176. The van der Waals surface area contributed by atoms with Crippen LogP contribution in [0.4, 0.5) is 0 Å². The molecule has 0 bridgehead atoms. The van der Waals surface area contributed by atoms with E-state index in [0.717, 1.165) is 0 Å². The number of aliphatic hydroxyl groups is 12. The van der Waals surface area contributed by atoms with E-state index in [-0.39, 0.29) is 0 Å². The summed E-state index contributed by atoms with van der Waals surface area (Å²) in [5, 5.41) is 116. The van der Waals surface area contributed by atoms with Gasteiger partial charge in [0.1, 0.15) is 48.8 Å². The van der Waals surface area contributed by atoms with Crippen LogP contribution in [0, 0.1) is 0 Å². The van der Waals surface area contributed by atoms with Crippen LogP contribution in [0.2, 0.25) is 0 Å². The third kappa shape index (κ3) is 11.9. The van der Waals surface area contributed by atoms with Crippen LogP contribution in [0.15, 0.2) is 0 Å². The molecule has 26 heavy (non-hydrogen) atoms. The molecular formula is C12H30O14. The first-order chi connectivity index (χ1) is 12.1. The second-order valence-electron chi connectivity index (χ2n) is 4.96. The smallest absolute Gasteiger partial charge is 0.111 e. The molecule has 0 amide bonds. The van der Waals surface area contributed by atoms with Gasteiger partial charge in [0.25, 0.3) is 0 Å². The van der Waals surface area contributed by atoms with Crippen molar-refractivity contribution < 1.29 is 71.8 Å². The average molecular weight is 398 g/mol. The van der Waals surface area contributed by atoms with Crippen LogP contribution in [-0.4, -0.2) is 147 Å². The third-order valence-electron chi connectivity index (χ3n) is 3.02. The fraction of sp³-hybridized carbons (Fsp3) is 1.00. The van der Waals surface area contributed by atoms with E-state index in [1.165, 1.54) is 0 Å². The first-order valence-corrected chi connectivity index (χ1v) is 7.16. The Morgan fingerprint density at radius 1 is 0.346 bits per heavy atom. The molecule has 0 aromatic rings. The van der Waals surface area contributed by atoms with Gasteiger partial charge in [-0.2, -0.15) is 0 Å². The first-order valence-electron chi connectivity index (χ1n) is 7.16. The minimum absolute atomic E-state index is 0.726. The fourth-order valence-electron chi connectivity index (χ4n) is 1.34. The van der Waals surface area contributed by atoms with Crippen LogP contribution in [0.3, 0.4) is 0 Å². The van der Waals surface area contributed by atoms with Crippen molar-refractivity contribution in [3.05, 3.63) is 0 Å². The van der Waals surface area contributed by atoms with Crippen molar-refractivity contribution in [3.8, 4) is 0 Å². The molecule has 0 aromatic carbocycles. The summed E-state index contributed by atoms with van der Waals surface area (Å²) in [5.74, 6) is 0. The Labute approximate surface area is 148 Å². The normalized spacial score (nSPS) is 20.1. The zero-order valence-corrected chi connectivity index (χ0v) is 13.7. The Balaban J connectivity index is -0.000000371. The Bertz CT molecular complexity index is 239. The number of hydrogen-bond donors (Lipinski definition) is 14. The van der Waals surface area contributed by atoms with Crippen molar-refractivity contribution in [2.24, 2.45) is 0 Å². The van der Waals surface area contributed by atoms with Crippen LogP contribution in [0.25, 0.3) is 0 Å². The molecule has 0 rings (SSSR count). The molecule has 0 fully saturated rings. The maximum atomic E-state index is 8.96. The molecule has 0 aromatic heterocycles. The molecule has 14 N–H and O–H groups in total. The lowest BCUT2D eigenvalue weighted by atomic mass is 10.0. The van der Waals surface area contributed by atoms with E-state index in [2.05, 4.69) is 0 Å². The van der Waals surface area contributed by atoms with Crippen molar-refractivity contribution in [3.63, 3.8) is 0 Å². The van der Waals surface area contributed by atoms with Crippen LogP contribution in [0.5, 0.6) is 0 Å². The summed E-state index contributed by atoms with van der Waals surface area (Å²) in [6.07, 6.45) is -12.8. The molecule has 0 heterocycles. The van der Waals surface area contributed by atoms with E-state index >= 15 is 0 Å². The second kappa shape index (κ2) is 17.8. The predicted octanol–water partition coefficient (Wildman–Crippen LogP) is -7.15. The number of aliphatic hydroxyl groups excluding tert-OH is 12. The van der Waals surface area contributed by atoms with Crippen molar-refractivity contribution in [2.45, 2.75) is 48.8 Å². The highest BCUT2D eigenvalue weighted by molar-refractivity contribution is 4.80. The molecule has 162 valence electrons. The molecular weight excluding hydrogens is 368 g/mol. The molecule has 8 atom stereocenters. The van der Waals surface area contributed by atoms with Gasteiger partial charge in [-0.1, -0.05) is 0 Å². The van der Waals surface area contributed by atoms with Gasteiger partial charge in [0.2, 0.25) is 0 Å². The van der Waals surface area contributed by atoms with Crippen LogP contribution in [-0.2, 0) is 0 Å². The molecule has 0 saturated carbocycles. The maximum Gasteiger partial charge on any atom is 0.111 e. The summed E-state index contributed by atoms with van der Waals surface area (Å²) in [6, 6.07) is 0. The van der Waals surface area contributed by atoms with Crippen molar-refractivity contribution in [2.75, 3.05) is 26.4 Å². The topological polar surface area (TPSA) is 283 Å². The molecule has 0 unspecified atom stereocenters. The molecule has 0 aliphatic carbocycles. The average Bonchev–Trinajstić information content (AvgIpc) is 2.70. The largest absolute Gasteiger partial charge is 0.394 e. The number of hydrogen-bond acceptors (Lipinski definition) is 14. The minimum atomic E-state index is -1.67. The second-order valence-corrected chi connectivity index (χ2v) is 4.96. The molecule has 14 heteroatoms. The van der Waals surface area contributed by atoms with Gasteiger partial charge in [-0.25, -0.2) is 0 Å². The maximum absolute atomic E-state index is 8.96. The molecule has 0 aliphatic rings. The molecule has 0 aliphatic heterocycles. The fourth-order valence-corrected chi connectivity index (χ4v) is 1.34. The van der Waals surface area contributed by atoms with E-state index in [0.29, 0.717) is 0 Å². The standard InChI is InChI=1S/2C6H14O6.H2O2/c2*7-1-3(9)5(11)6(12)4(10)2-8;1-2/h2*3-12H,1-2H2;1-2H/t2*3-,4-,5-,6-;/m11./s1. The Morgan fingerprint density at radius 3 is 0.538 bits per heavy atom. The van der Waals surface area contributed by atoms with Gasteiger partial charge < -0.3 is 61.3 Å². The lowest BCUT2D eigenvalue weighted by Crippen LogP contribution is -2.46. The van der Waals surface area contributed by atoms with Gasteiger partial charge in [-0.15, -0.1) is 0 Å². The molecule has 0 radical (unpaired) electrons. The van der Waals surface area contributed by atoms with Gasteiger partial charge in [0.05, 0.1) is 26.4 Å². The van der Waals surface area contributed by atoms with E-state index < -0.39 is 75.3 Å². The first kappa shape index (κ1) is 30.2. The van der Waals surface area contributed by atoms with Gasteiger partial charge in [-0.05, 0) is 0 Å². The van der Waals surface area contributed by atoms with Crippen molar-refractivity contribution in [1.82, 2.24) is 0 Å². The third-order valence-corrected chi connectivity index (χ3v) is 3.02. The zero-order chi connectivity index (χ0) is 21.4. The number of rotatable bonds is 10. The summed E-state index contributed by atoms with van der Waals surface area (Å²) in [5.41, 5.74) is 0. The zero-order valence-electron chi connectivity index (χ0n) is 13.7. The van der Waals surface area contributed by atoms with E-state index in [9.17, 15) is 0 Å². The van der Waals surface area contributed by atoms with E-state index in [1.54, 1.807) is 0 Å². The van der Waals surface area contributed by atoms with Gasteiger partial charge in [-0.3, -0.25) is 10.5 Å². The SMILES string of the molecule is OC[C@@H](O)[C@@H](O)[C@H](O)[C@H](O)CO.OC[C@@H](O)[C@@H](O)[C@H](O)[C@H](O)CO.OO. The summed E-state index contributed by atoms with van der Waals surface area (Å²) in [4.78, 5) is 0.